The SMILES string of the molecule is CC[C@@H](C)[B]CNO. The molecule has 3 heteroatoms. The second-order valence-electron chi connectivity index (χ2n) is 1.98. The van der Waals surface area contributed by atoms with Crippen LogP contribution in [0.5, 0.6) is 0 Å². The Morgan fingerprint density at radius 2 is 2.38 bits per heavy atom. The summed E-state index contributed by atoms with van der Waals surface area (Å²) < 4.78 is 0. The van der Waals surface area contributed by atoms with Gasteiger partial charge in [-0.05, 0) is 6.44 Å². The predicted molar refractivity (Wildman–Crippen MR) is 35.3 cm³/mol. The van der Waals surface area contributed by atoms with E-state index in [0.717, 1.165) is 6.42 Å². The second kappa shape index (κ2) is 5.13. The molecule has 0 fully saturated rings. The molecule has 0 aromatic rings. The van der Waals surface area contributed by atoms with Crippen molar-refractivity contribution in [3.8, 4) is 0 Å². The largest absolute Gasteiger partial charge is 0.318 e. The summed E-state index contributed by atoms with van der Waals surface area (Å²) in [5, 5.41) is 8.13. The van der Waals surface area contributed by atoms with Crippen LogP contribution in [-0.2, 0) is 0 Å². The number of hydrogen-bond acceptors (Lipinski definition) is 2. The van der Waals surface area contributed by atoms with E-state index in [9.17, 15) is 0 Å². The Labute approximate surface area is 51.5 Å². The van der Waals surface area contributed by atoms with Crippen LogP contribution >= 0.6 is 0 Å². The molecule has 0 saturated carbocycles. The third kappa shape index (κ3) is 4.15. The summed E-state index contributed by atoms with van der Waals surface area (Å²) in [7, 11) is 2.04. The maximum atomic E-state index is 8.13. The molecule has 8 heavy (non-hydrogen) atoms. The fourth-order valence-corrected chi connectivity index (χ4v) is 0.421. The van der Waals surface area contributed by atoms with Gasteiger partial charge >= 0.3 is 0 Å². The summed E-state index contributed by atoms with van der Waals surface area (Å²) in [5.41, 5.74) is 2.08. The minimum absolute atomic E-state index is 0.592. The molecule has 1 atom stereocenters. The number of hydrogen-bond donors (Lipinski definition) is 2. The molecule has 0 bridgehead atoms. The van der Waals surface area contributed by atoms with Crippen molar-refractivity contribution in [2.45, 2.75) is 26.1 Å². The summed E-state index contributed by atoms with van der Waals surface area (Å²) >= 11 is 0. The van der Waals surface area contributed by atoms with Gasteiger partial charge in [0.15, 0.2) is 0 Å². The molecule has 0 amide bonds. The molecule has 0 aromatic carbocycles. The van der Waals surface area contributed by atoms with Gasteiger partial charge in [-0.25, -0.2) is 5.48 Å². The Balaban J connectivity index is 2.86. The molecular formula is C5H13BNO. The van der Waals surface area contributed by atoms with Crippen molar-refractivity contribution in [1.29, 1.82) is 0 Å². The van der Waals surface area contributed by atoms with Gasteiger partial charge in [0.25, 0.3) is 0 Å². The topological polar surface area (TPSA) is 32.3 Å². The first-order chi connectivity index (χ1) is 3.81. The average molecular weight is 114 g/mol. The fourth-order valence-electron chi connectivity index (χ4n) is 0.421. The maximum absolute atomic E-state index is 8.13. The van der Waals surface area contributed by atoms with Crippen molar-refractivity contribution < 1.29 is 5.21 Å². The molecule has 47 valence electrons. The zero-order valence-corrected chi connectivity index (χ0v) is 5.52. The molecule has 0 spiro atoms. The molecule has 0 aliphatic carbocycles. The number of hydroxylamine groups is 1. The van der Waals surface area contributed by atoms with Crippen LogP contribution in [0.15, 0.2) is 0 Å². The Kier molecular flexibility index (Phi) is 5.12. The normalized spacial score (nSPS) is 13.4. The molecule has 0 aromatic heterocycles. The molecular weight excluding hydrogens is 101 g/mol. The van der Waals surface area contributed by atoms with Crippen LogP contribution in [0.2, 0.25) is 5.82 Å². The lowest BCUT2D eigenvalue weighted by Gasteiger charge is -2.02. The summed E-state index contributed by atoms with van der Waals surface area (Å²) in [4.78, 5) is 0. The van der Waals surface area contributed by atoms with Crippen LogP contribution in [0.1, 0.15) is 20.3 Å². The van der Waals surface area contributed by atoms with Crippen LogP contribution in [-0.4, -0.2) is 18.9 Å². The van der Waals surface area contributed by atoms with Gasteiger partial charge in [-0.15, -0.1) is 0 Å². The smallest absolute Gasteiger partial charge is 0.135 e. The highest BCUT2D eigenvalue weighted by molar-refractivity contribution is 6.37. The van der Waals surface area contributed by atoms with Crippen molar-refractivity contribution in [2.24, 2.45) is 0 Å². The van der Waals surface area contributed by atoms with Gasteiger partial charge in [0.1, 0.15) is 7.28 Å². The third-order valence-electron chi connectivity index (χ3n) is 1.26. The van der Waals surface area contributed by atoms with E-state index in [2.05, 4.69) is 19.3 Å². The molecule has 2 N–H and O–H groups in total. The zero-order valence-electron chi connectivity index (χ0n) is 5.52. The van der Waals surface area contributed by atoms with E-state index < -0.39 is 0 Å². The minimum atomic E-state index is 0.592. The van der Waals surface area contributed by atoms with Gasteiger partial charge in [-0.3, -0.25) is 0 Å². The first-order valence-corrected chi connectivity index (χ1v) is 3.01. The highest BCUT2D eigenvalue weighted by Crippen LogP contribution is 2.03. The standard InChI is InChI=1S/C5H13BNO/c1-3-5(2)6-4-7-8/h5,7-8H,3-4H2,1-2H3/t5-/m1/s1. The van der Waals surface area contributed by atoms with E-state index in [1.54, 1.807) is 0 Å². The quantitative estimate of drug-likeness (QED) is 0.419. The summed E-state index contributed by atoms with van der Waals surface area (Å²) in [5.74, 6) is 0.606. The van der Waals surface area contributed by atoms with Gasteiger partial charge < -0.3 is 5.21 Å². The Bertz CT molecular complexity index is 51.7. The summed E-state index contributed by atoms with van der Waals surface area (Å²) in [6.45, 7) is 4.25. The van der Waals surface area contributed by atoms with E-state index in [-0.39, 0.29) is 0 Å². The third-order valence-corrected chi connectivity index (χ3v) is 1.26. The van der Waals surface area contributed by atoms with Crippen molar-refractivity contribution >= 4 is 7.28 Å². The monoisotopic (exact) mass is 114 g/mol. The lowest BCUT2D eigenvalue weighted by Crippen LogP contribution is -2.18. The van der Waals surface area contributed by atoms with E-state index >= 15 is 0 Å². The fraction of sp³-hybridized carbons (Fsp3) is 1.00. The van der Waals surface area contributed by atoms with Gasteiger partial charge in [-0.2, -0.15) is 0 Å². The molecule has 0 saturated heterocycles. The average Bonchev–Trinajstić information content (AvgIpc) is 1.83. The van der Waals surface area contributed by atoms with Gasteiger partial charge in [-0.1, -0.05) is 26.1 Å². The Morgan fingerprint density at radius 3 is 2.75 bits per heavy atom. The van der Waals surface area contributed by atoms with E-state index in [1.165, 1.54) is 0 Å². The van der Waals surface area contributed by atoms with Crippen LogP contribution in [0.25, 0.3) is 0 Å². The van der Waals surface area contributed by atoms with Crippen molar-refractivity contribution in [3.05, 3.63) is 0 Å². The second-order valence-corrected chi connectivity index (χ2v) is 1.98. The molecule has 0 unspecified atom stereocenters. The Hall–Kier alpha value is -0.0151. The molecule has 0 aliphatic heterocycles. The van der Waals surface area contributed by atoms with Crippen LogP contribution in [0, 0.1) is 0 Å². The maximum Gasteiger partial charge on any atom is 0.135 e. The van der Waals surface area contributed by atoms with Gasteiger partial charge in [0.2, 0.25) is 0 Å². The number of rotatable bonds is 4. The van der Waals surface area contributed by atoms with Crippen molar-refractivity contribution in [2.75, 3.05) is 6.44 Å². The predicted octanol–water partition coefficient (Wildman–Crippen LogP) is 0.845. The molecule has 0 heterocycles. The van der Waals surface area contributed by atoms with Crippen LogP contribution in [0.4, 0.5) is 0 Å². The molecule has 0 rings (SSSR count). The first-order valence-electron chi connectivity index (χ1n) is 3.01. The van der Waals surface area contributed by atoms with Crippen molar-refractivity contribution in [1.82, 2.24) is 5.48 Å². The molecule has 1 radical (unpaired) electrons. The Morgan fingerprint density at radius 1 is 1.75 bits per heavy atom. The van der Waals surface area contributed by atoms with E-state index in [0.29, 0.717) is 12.3 Å². The van der Waals surface area contributed by atoms with E-state index in [1.807, 2.05) is 7.28 Å². The summed E-state index contributed by atoms with van der Waals surface area (Å²) in [6.07, 6.45) is 1.73. The molecule has 0 aliphatic rings. The van der Waals surface area contributed by atoms with Crippen LogP contribution in [0.3, 0.4) is 0 Å². The van der Waals surface area contributed by atoms with Gasteiger partial charge in [0, 0.05) is 0 Å². The molecule has 2 nitrogen and oxygen atoms in total. The summed E-state index contributed by atoms with van der Waals surface area (Å²) in [6, 6.07) is 0. The van der Waals surface area contributed by atoms with E-state index in [4.69, 9.17) is 5.21 Å². The first kappa shape index (κ1) is 7.98. The minimum Gasteiger partial charge on any atom is -0.318 e. The lowest BCUT2D eigenvalue weighted by atomic mass is 9.64. The zero-order chi connectivity index (χ0) is 6.41. The highest BCUT2D eigenvalue weighted by atomic mass is 16.5. The lowest BCUT2D eigenvalue weighted by molar-refractivity contribution is 0.185. The number of nitrogens with one attached hydrogen (secondary N) is 1. The van der Waals surface area contributed by atoms with Gasteiger partial charge in [0.05, 0.1) is 0 Å². The highest BCUT2D eigenvalue weighted by Gasteiger charge is 1.97. The van der Waals surface area contributed by atoms with Crippen LogP contribution < -0.4 is 5.48 Å². The van der Waals surface area contributed by atoms with Crippen molar-refractivity contribution in [3.63, 3.8) is 0 Å².